The fourth-order valence-corrected chi connectivity index (χ4v) is 3.19. The van der Waals surface area contributed by atoms with E-state index in [2.05, 4.69) is 18.1 Å². The summed E-state index contributed by atoms with van der Waals surface area (Å²) in [5.74, 6) is 1.69. The minimum absolute atomic E-state index is 0.0642. The molecule has 0 N–H and O–H groups in total. The van der Waals surface area contributed by atoms with Crippen LogP contribution in [0.15, 0.2) is 28.8 Å². The number of carbonyl (C=O) groups is 1. The fourth-order valence-electron chi connectivity index (χ4n) is 3.19. The molecule has 0 radical (unpaired) electrons. The van der Waals surface area contributed by atoms with Crippen LogP contribution in [0.3, 0.4) is 0 Å². The Bertz CT molecular complexity index is 749. The van der Waals surface area contributed by atoms with Crippen LogP contribution in [0, 0.1) is 0 Å². The monoisotopic (exact) mass is 328 g/mol. The number of hydrogen-bond donors (Lipinski definition) is 0. The van der Waals surface area contributed by atoms with Gasteiger partial charge >= 0.3 is 0 Å². The number of morpholine rings is 1. The standard InChI is InChI=1S/C18H20N2O4/c1-12-8-14-9-13(2-3-16(14)23-12)17-10-15(19-24-17)11-18(21)20-4-6-22-7-5-20/h2-3,9-10,12H,4-8,11H2,1H3/t12-/m1/s1. The van der Waals surface area contributed by atoms with Crippen molar-refractivity contribution in [2.75, 3.05) is 26.3 Å². The maximum atomic E-state index is 12.3. The molecular formula is C18H20N2O4. The van der Waals surface area contributed by atoms with Gasteiger partial charge in [-0.1, -0.05) is 5.16 Å². The van der Waals surface area contributed by atoms with Crippen LogP contribution >= 0.6 is 0 Å². The molecule has 2 aliphatic heterocycles. The Kier molecular flexibility index (Phi) is 3.98. The summed E-state index contributed by atoms with van der Waals surface area (Å²) in [6.07, 6.45) is 1.38. The van der Waals surface area contributed by atoms with Gasteiger partial charge in [0.15, 0.2) is 5.76 Å². The van der Waals surface area contributed by atoms with E-state index in [0.29, 0.717) is 37.8 Å². The highest BCUT2D eigenvalue weighted by Gasteiger charge is 2.21. The summed E-state index contributed by atoms with van der Waals surface area (Å²) in [4.78, 5) is 14.1. The Labute approximate surface area is 140 Å². The third-order valence-electron chi connectivity index (χ3n) is 4.44. The fraction of sp³-hybridized carbons (Fsp3) is 0.444. The Hall–Kier alpha value is -2.34. The molecule has 24 heavy (non-hydrogen) atoms. The van der Waals surface area contributed by atoms with Gasteiger partial charge in [-0.2, -0.15) is 0 Å². The van der Waals surface area contributed by atoms with Crippen molar-refractivity contribution < 1.29 is 18.8 Å². The van der Waals surface area contributed by atoms with Crippen molar-refractivity contribution in [3.05, 3.63) is 35.5 Å². The molecule has 6 heteroatoms. The van der Waals surface area contributed by atoms with Crippen molar-refractivity contribution >= 4 is 5.91 Å². The van der Waals surface area contributed by atoms with Gasteiger partial charge in [0.2, 0.25) is 5.91 Å². The van der Waals surface area contributed by atoms with E-state index in [0.717, 1.165) is 17.7 Å². The number of ether oxygens (including phenoxy) is 2. The predicted octanol–water partition coefficient (Wildman–Crippen LogP) is 2.07. The van der Waals surface area contributed by atoms with Gasteiger partial charge in [0, 0.05) is 31.1 Å². The van der Waals surface area contributed by atoms with Gasteiger partial charge in [0.25, 0.3) is 0 Å². The lowest BCUT2D eigenvalue weighted by atomic mass is 10.1. The number of carbonyl (C=O) groups excluding carboxylic acids is 1. The van der Waals surface area contributed by atoms with Crippen LogP contribution < -0.4 is 4.74 Å². The van der Waals surface area contributed by atoms with Crippen LogP contribution in [0.25, 0.3) is 11.3 Å². The second kappa shape index (κ2) is 6.28. The number of aromatic nitrogens is 1. The first-order valence-corrected chi connectivity index (χ1v) is 8.30. The molecule has 1 saturated heterocycles. The molecule has 4 rings (SSSR count). The molecule has 0 aliphatic carbocycles. The molecule has 0 spiro atoms. The molecule has 0 bridgehead atoms. The minimum Gasteiger partial charge on any atom is -0.490 e. The molecule has 1 aromatic carbocycles. The van der Waals surface area contributed by atoms with Gasteiger partial charge in [-0.15, -0.1) is 0 Å². The largest absolute Gasteiger partial charge is 0.490 e. The van der Waals surface area contributed by atoms with E-state index in [9.17, 15) is 4.79 Å². The van der Waals surface area contributed by atoms with E-state index < -0.39 is 0 Å². The average Bonchev–Trinajstić information content (AvgIpc) is 3.20. The van der Waals surface area contributed by atoms with Crippen molar-refractivity contribution in [1.29, 1.82) is 0 Å². The summed E-state index contributed by atoms with van der Waals surface area (Å²) in [5, 5.41) is 4.05. The molecule has 1 aromatic heterocycles. The molecule has 126 valence electrons. The van der Waals surface area contributed by atoms with Gasteiger partial charge < -0.3 is 18.9 Å². The Morgan fingerprint density at radius 3 is 2.96 bits per heavy atom. The summed E-state index contributed by atoms with van der Waals surface area (Å²) in [7, 11) is 0. The molecule has 1 amide bonds. The van der Waals surface area contributed by atoms with E-state index in [1.807, 2.05) is 23.1 Å². The van der Waals surface area contributed by atoms with Crippen LogP contribution in [0.4, 0.5) is 0 Å². The average molecular weight is 328 g/mol. The lowest BCUT2D eigenvalue weighted by Crippen LogP contribution is -2.41. The third kappa shape index (κ3) is 3.01. The molecule has 6 nitrogen and oxygen atoms in total. The Balaban J connectivity index is 1.47. The first-order chi connectivity index (χ1) is 11.7. The minimum atomic E-state index is 0.0642. The van der Waals surface area contributed by atoms with Crippen LogP contribution in [-0.2, 0) is 22.4 Å². The van der Waals surface area contributed by atoms with Crippen LogP contribution in [0.5, 0.6) is 5.75 Å². The Morgan fingerprint density at radius 2 is 2.12 bits per heavy atom. The number of fused-ring (bicyclic) bond motifs is 1. The van der Waals surface area contributed by atoms with Gasteiger partial charge in [0.05, 0.1) is 25.3 Å². The third-order valence-corrected chi connectivity index (χ3v) is 4.44. The molecule has 0 saturated carbocycles. The van der Waals surface area contributed by atoms with Crippen molar-refractivity contribution in [3.63, 3.8) is 0 Å². The van der Waals surface area contributed by atoms with Crippen molar-refractivity contribution in [3.8, 4) is 17.1 Å². The highest BCUT2D eigenvalue weighted by Crippen LogP contribution is 2.33. The highest BCUT2D eigenvalue weighted by atomic mass is 16.5. The van der Waals surface area contributed by atoms with E-state index in [4.69, 9.17) is 14.0 Å². The van der Waals surface area contributed by atoms with E-state index in [-0.39, 0.29) is 18.4 Å². The van der Waals surface area contributed by atoms with Crippen molar-refractivity contribution in [1.82, 2.24) is 10.1 Å². The molecule has 1 atom stereocenters. The predicted molar refractivity (Wildman–Crippen MR) is 86.8 cm³/mol. The lowest BCUT2D eigenvalue weighted by molar-refractivity contribution is -0.134. The number of benzene rings is 1. The quantitative estimate of drug-likeness (QED) is 0.863. The van der Waals surface area contributed by atoms with E-state index in [1.54, 1.807) is 0 Å². The molecule has 0 unspecified atom stereocenters. The summed E-state index contributed by atoms with van der Waals surface area (Å²) in [5.41, 5.74) is 2.80. The van der Waals surface area contributed by atoms with Gasteiger partial charge in [-0.3, -0.25) is 4.79 Å². The highest BCUT2D eigenvalue weighted by molar-refractivity contribution is 5.78. The summed E-state index contributed by atoms with van der Waals surface area (Å²) >= 11 is 0. The van der Waals surface area contributed by atoms with Crippen LogP contribution in [-0.4, -0.2) is 48.4 Å². The maximum Gasteiger partial charge on any atom is 0.228 e. The number of hydrogen-bond acceptors (Lipinski definition) is 5. The SMILES string of the molecule is C[C@@H]1Cc2cc(-c3cc(CC(=O)N4CCOCC4)no3)ccc2O1. The molecule has 1 fully saturated rings. The number of amides is 1. The second-order valence-electron chi connectivity index (χ2n) is 6.31. The summed E-state index contributed by atoms with van der Waals surface area (Å²) < 4.78 is 16.4. The molecule has 3 heterocycles. The zero-order valence-electron chi connectivity index (χ0n) is 13.7. The maximum absolute atomic E-state index is 12.3. The molecule has 2 aliphatic rings. The second-order valence-corrected chi connectivity index (χ2v) is 6.31. The van der Waals surface area contributed by atoms with Gasteiger partial charge in [-0.25, -0.2) is 0 Å². The van der Waals surface area contributed by atoms with Crippen LogP contribution in [0.1, 0.15) is 18.2 Å². The van der Waals surface area contributed by atoms with Crippen molar-refractivity contribution in [2.24, 2.45) is 0 Å². The zero-order chi connectivity index (χ0) is 16.5. The zero-order valence-corrected chi connectivity index (χ0v) is 13.7. The Morgan fingerprint density at radius 1 is 1.29 bits per heavy atom. The summed E-state index contributed by atoms with van der Waals surface area (Å²) in [6.45, 7) is 4.55. The lowest BCUT2D eigenvalue weighted by Gasteiger charge is -2.26. The first kappa shape index (κ1) is 15.2. The van der Waals surface area contributed by atoms with Gasteiger partial charge in [0.1, 0.15) is 11.9 Å². The number of rotatable bonds is 3. The van der Waals surface area contributed by atoms with Crippen molar-refractivity contribution in [2.45, 2.75) is 25.9 Å². The molecule has 2 aromatic rings. The topological polar surface area (TPSA) is 64.8 Å². The molecular weight excluding hydrogens is 308 g/mol. The van der Waals surface area contributed by atoms with E-state index >= 15 is 0 Å². The van der Waals surface area contributed by atoms with E-state index in [1.165, 1.54) is 5.56 Å². The number of nitrogens with zero attached hydrogens (tertiary/aromatic N) is 2. The first-order valence-electron chi connectivity index (χ1n) is 8.30. The van der Waals surface area contributed by atoms with Crippen LogP contribution in [0.2, 0.25) is 0 Å². The summed E-state index contributed by atoms with van der Waals surface area (Å²) in [6, 6.07) is 7.85. The smallest absolute Gasteiger partial charge is 0.228 e. The van der Waals surface area contributed by atoms with Gasteiger partial charge in [-0.05, 0) is 30.7 Å². The normalized spacial score (nSPS) is 19.9.